The number of aliphatic hydroxyl groups is 1. The second kappa shape index (κ2) is 7.00. The molecule has 3 atom stereocenters. The average Bonchev–Trinajstić information content (AvgIpc) is 2.32. The molecule has 0 heterocycles. The summed E-state index contributed by atoms with van der Waals surface area (Å²) in [5.41, 5.74) is 6.72. The number of aliphatic hydroxyl groups excluding tert-OH is 1. The largest absolute Gasteiger partial charge is 0.392 e. The Labute approximate surface area is 109 Å². The van der Waals surface area contributed by atoms with Crippen molar-refractivity contribution >= 4 is 11.6 Å². The van der Waals surface area contributed by atoms with Gasteiger partial charge in [0, 0.05) is 17.5 Å². The highest BCUT2D eigenvalue weighted by atomic mass is 35.5. The van der Waals surface area contributed by atoms with Crippen molar-refractivity contribution in [2.45, 2.75) is 38.7 Å². The van der Waals surface area contributed by atoms with E-state index in [1.165, 1.54) is 0 Å². The minimum Gasteiger partial charge on any atom is -0.392 e. The SMILES string of the molecule is CCC(C)CC(O)C(CN)c1ccccc1Cl. The van der Waals surface area contributed by atoms with Crippen LogP contribution in [0.5, 0.6) is 0 Å². The molecule has 0 aliphatic rings. The summed E-state index contributed by atoms with van der Waals surface area (Å²) in [6.45, 7) is 4.69. The third-order valence-electron chi connectivity index (χ3n) is 3.36. The first-order valence-corrected chi connectivity index (χ1v) is 6.60. The van der Waals surface area contributed by atoms with E-state index in [1.54, 1.807) is 0 Å². The summed E-state index contributed by atoms with van der Waals surface area (Å²) in [7, 11) is 0. The van der Waals surface area contributed by atoms with E-state index in [0.29, 0.717) is 17.5 Å². The Balaban J connectivity index is 2.81. The number of benzene rings is 1. The second-order valence-corrected chi connectivity index (χ2v) is 5.09. The van der Waals surface area contributed by atoms with E-state index in [-0.39, 0.29) is 5.92 Å². The molecule has 0 fully saturated rings. The molecule has 0 spiro atoms. The molecule has 0 aliphatic heterocycles. The van der Waals surface area contributed by atoms with Crippen molar-refractivity contribution < 1.29 is 5.11 Å². The van der Waals surface area contributed by atoms with Crippen LogP contribution in [0, 0.1) is 5.92 Å². The van der Waals surface area contributed by atoms with Crippen LogP contribution in [-0.2, 0) is 0 Å². The lowest BCUT2D eigenvalue weighted by Gasteiger charge is -2.25. The fourth-order valence-electron chi connectivity index (χ4n) is 2.01. The first-order valence-electron chi connectivity index (χ1n) is 6.22. The van der Waals surface area contributed by atoms with Crippen molar-refractivity contribution in [3.8, 4) is 0 Å². The molecule has 3 heteroatoms. The average molecular weight is 256 g/mol. The monoisotopic (exact) mass is 255 g/mol. The van der Waals surface area contributed by atoms with Gasteiger partial charge in [-0.1, -0.05) is 50.1 Å². The van der Waals surface area contributed by atoms with Gasteiger partial charge in [0.25, 0.3) is 0 Å². The van der Waals surface area contributed by atoms with Crippen LogP contribution < -0.4 is 5.73 Å². The van der Waals surface area contributed by atoms with E-state index in [1.807, 2.05) is 24.3 Å². The highest BCUT2D eigenvalue weighted by Gasteiger charge is 2.22. The van der Waals surface area contributed by atoms with Crippen molar-refractivity contribution in [2.75, 3.05) is 6.54 Å². The number of halogens is 1. The molecular weight excluding hydrogens is 234 g/mol. The summed E-state index contributed by atoms with van der Waals surface area (Å²) < 4.78 is 0. The lowest BCUT2D eigenvalue weighted by molar-refractivity contribution is 0.118. The first kappa shape index (κ1) is 14.5. The number of hydrogen-bond donors (Lipinski definition) is 2. The van der Waals surface area contributed by atoms with Crippen LogP contribution in [-0.4, -0.2) is 17.8 Å². The predicted octanol–water partition coefficient (Wildman–Crippen LogP) is 3.18. The number of hydrogen-bond acceptors (Lipinski definition) is 2. The molecule has 1 aromatic carbocycles. The summed E-state index contributed by atoms with van der Waals surface area (Å²) in [5.74, 6) is 0.430. The molecule has 1 aromatic rings. The normalized spacial score (nSPS) is 16.5. The van der Waals surface area contributed by atoms with Crippen LogP contribution in [0.25, 0.3) is 0 Å². The van der Waals surface area contributed by atoms with E-state index in [4.69, 9.17) is 17.3 Å². The zero-order chi connectivity index (χ0) is 12.8. The van der Waals surface area contributed by atoms with Crippen LogP contribution >= 0.6 is 11.6 Å². The molecule has 0 saturated heterocycles. The minimum atomic E-state index is -0.421. The Bertz CT molecular complexity index is 343. The smallest absolute Gasteiger partial charge is 0.0623 e. The maximum atomic E-state index is 10.2. The van der Waals surface area contributed by atoms with Gasteiger partial charge >= 0.3 is 0 Å². The lowest BCUT2D eigenvalue weighted by Crippen LogP contribution is -2.27. The fourth-order valence-corrected chi connectivity index (χ4v) is 2.29. The molecule has 0 aliphatic carbocycles. The highest BCUT2D eigenvalue weighted by Crippen LogP contribution is 2.29. The summed E-state index contributed by atoms with van der Waals surface area (Å²) in [6, 6.07) is 7.61. The maximum Gasteiger partial charge on any atom is 0.0623 e. The molecule has 0 amide bonds. The van der Waals surface area contributed by atoms with Crippen LogP contribution in [0.2, 0.25) is 5.02 Å². The van der Waals surface area contributed by atoms with Gasteiger partial charge in [-0.3, -0.25) is 0 Å². The Kier molecular flexibility index (Phi) is 5.96. The summed E-state index contributed by atoms with van der Waals surface area (Å²) in [4.78, 5) is 0. The third-order valence-corrected chi connectivity index (χ3v) is 3.71. The first-order chi connectivity index (χ1) is 8.10. The second-order valence-electron chi connectivity index (χ2n) is 4.68. The molecule has 3 N–H and O–H groups in total. The molecule has 0 aromatic heterocycles. The van der Waals surface area contributed by atoms with E-state index < -0.39 is 6.10 Å². The Hall–Kier alpha value is -0.570. The van der Waals surface area contributed by atoms with Crippen molar-refractivity contribution in [3.05, 3.63) is 34.9 Å². The molecule has 96 valence electrons. The standard InChI is InChI=1S/C14H22ClNO/c1-3-10(2)8-14(17)12(9-16)11-6-4-5-7-13(11)15/h4-7,10,12,14,17H,3,8-9,16H2,1-2H3. The van der Waals surface area contributed by atoms with Crippen molar-refractivity contribution in [1.29, 1.82) is 0 Å². The van der Waals surface area contributed by atoms with Gasteiger partial charge in [0.2, 0.25) is 0 Å². The highest BCUT2D eigenvalue weighted by molar-refractivity contribution is 6.31. The molecule has 2 nitrogen and oxygen atoms in total. The van der Waals surface area contributed by atoms with Gasteiger partial charge in [-0.25, -0.2) is 0 Å². The molecule has 17 heavy (non-hydrogen) atoms. The third kappa shape index (κ3) is 3.98. The predicted molar refractivity (Wildman–Crippen MR) is 73.3 cm³/mol. The van der Waals surface area contributed by atoms with E-state index in [9.17, 15) is 5.11 Å². The zero-order valence-electron chi connectivity index (χ0n) is 10.6. The number of rotatable bonds is 6. The van der Waals surface area contributed by atoms with Gasteiger partial charge in [0.15, 0.2) is 0 Å². The van der Waals surface area contributed by atoms with Crippen molar-refractivity contribution in [1.82, 2.24) is 0 Å². The summed E-state index contributed by atoms with van der Waals surface area (Å²) in [6.07, 6.45) is 1.41. The molecule has 0 radical (unpaired) electrons. The van der Waals surface area contributed by atoms with E-state index in [2.05, 4.69) is 13.8 Å². The van der Waals surface area contributed by atoms with Gasteiger partial charge in [-0.05, 0) is 24.0 Å². The molecular formula is C14H22ClNO. The Morgan fingerprint density at radius 1 is 1.35 bits per heavy atom. The quantitative estimate of drug-likeness (QED) is 0.820. The Morgan fingerprint density at radius 3 is 2.53 bits per heavy atom. The summed E-state index contributed by atoms with van der Waals surface area (Å²) >= 11 is 6.15. The Morgan fingerprint density at radius 2 is 2.00 bits per heavy atom. The van der Waals surface area contributed by atoms with Crippen LogP contribution in [0.15, 0.2) is 24.3 Å². The molecule has 1 rings (SSSR count). The van der Waals surface area contributed by atoms with Gasteiger partial charge < -0.3 is 10.8 Å². The van der Waals surface area contributed by atoms with Crippen LogP contribution in [0.3, 0.4) is 0 Å². The molecule has 0 bridgehead atoms. The maximum absolute atomic E-state index is 10.2. The summed E-state index contributed by atoms with van der Waals surface area (Å²) in [5, 5.41) is 10.9. The van der Waals surface area contributed by atoms with Gasteiger partial charge in [0.1, 0.15) is 0 Å². The topological polar surface area (TPSA) is 46.2 Å². The van der Waals surface area contributed by atoms with Crippen LogP contribution in [0.4, 0.5) is 0 Å². The van der Waals surface area contributed by atoms with E-state index in [0.717, 1.165) is 18.4 Å². The van der Waals surface area contributed by atoms with Gasteiger partial charge in [0.05, 0.1) is 6.10 Å². The van der Waals surface area contributed by atoms with Crippen molar-refractivity contribution in [3.63, 3.8) is 0 Å². The fraction of sp³-hybridized carbons (Fsp3) is 0.571. The zero-order valence-corrected chi connectivity index (χ0v) is 11.3. The van der Waals surface area contributed by atoms with E-state index >= 15 is 0 Å². The van der Waals surface area contributed by atoms with Gasteiger partial charge in [-0.2, -0.15) is 0 Å². The van der Waals surface area contributed by atoms with Gasteiger partial charge in [-0.15, -0.1) is 0 Å². The van der Waals surface area contributed by atoms with Crippen molar-refractivity contribution in [2.24, 2.45) is 11.7 Å². The van der Waals surface area contributed by atoms with Crippen LogP contribution in [0.1, 0.15) is 38.2 Å². The number of nitrogens with two attached hydrogens (primary N) is 1. The minimum absolute atomic E-state index is 0.0716. The molecule has 3 unspecified atom stereocenters. The molecule has 0 saturated carbocycles. The lowest BCUT2D eigenvalue weighted by atomic mass is 9.87.